The molecule has 2 heteroatoms. The van der Waals surface area contributed by atoms with Gasteiger partial charge < -0.3 is 10.2 Å². The molecule has 0 spiro atoms. The second-order valence-electron chi connectivity index (χ2n) is 8.19. The van der Waals surface area contributed by atoms with E-state index in [2.05, 4.69) is 31.0 Å². The molecule has 2 nitrogen and oxygen atoms in total. The fourth-order valence-corrected chi connectivity index (χ4v) is 4.61. The topological polar surface area (TPSA) is 15.3 Å². The normalized spacial score (nSPS) is 35.6. The van der Waals surface area contributed by atoms with Gasteiger partial charge in [0.25, 0.3) is 0 Å². The van der Waals surface area contributed by atoms with E-state index in [9.17, 15) is 0 Å². The van der Waals surface area contributed by atoms with Crippen molar-refractivity contribution in [3.63, 3.8) is 0 Å². The van der Waals surface area contributed by atoms with E-state index in [-0.39, 0.29) is 0 Å². The molecule has 124 valence electrons. The summed E-state index contributed by atoms with van der Waals surface area (Å²) in [5, 5.41) is 3.75. The van der Waals surface area contributed by atoms with Gasteiger partial charge in [-0.25, -0.2) is 0 Å². The first-order valence-corrected chi connectivity index (χ1v) is 9.56. The molecular weight excluding hydrogens is 256 g/mol. The first-order chi connectivity index (χ1) is 10.1. The van der Waals surface area contributed by atoms with Crippen LogP contribution in [0.5, 0.6) is 0 Å². The number of hydrogen-bond donors (Lipinski definition) is 1. The lowest BCUT2D eigenvalue weighted by atomic mass is 9.69. The molecule has 3 unspecified atom stereocenters. The van der Waals surface area contributed by atoms with Gasteiger partial charge in [-0.3, -0.25) is 0 Å². The zero-order chi connectivity index (χ0) is 15.1. The predicted molar refractivity (Wildman–Crippen MR) is 92.7 cm³/mol. The Bertz CT molecular complexity index is 291. The maximum atomic E-state index is 3.75. The lowest BCUT2D eigenvalue weighted by Gasteiger charge is -2.43. The highest BCUT2D eigenvalue weighted by Crippen LogP contribution is 2.40. The van der Waals surface area contributed by atoms with Crippen LogP contribution in [0.2, 0.25) is 0 Å². The molecule has 21 heavy (non-hydrogen) atoms. The van der Waals surface area contributed by atoms with Gasteiger partial charge in [0, 0.05) is 13.1 Å². The molecule has 1 saturated heterocycles. The average Bonchev–Trinajstić information content (AvgIpc) is 2.64. The quantitative estimate of drug-likeness (QED) is 0.735. The summed E-state index contributed by atoms with van der Waals surface area (Å²) in [6.07, 6.45) is 11.3. The van der Waals surface area contributed by atoms with Crippen LogP contribution in [0.15, 0.2) is 0 Å². The van der Waals surface area contributed by atoms with Crippen LogP contribution in [-0.4, -0.2) is 37.6 Å². The molecule has 1 saturated carbocycles. The van der Waals surface area contributed by atoms with Crippen molar-refractivity contribution >= 4 is 0 Å². The van der Waals surface area contributed by atoms with E-state index in [0.717, 1.165) is 11.8 Å². The fraction of sp³-hybridized carbons (Fsp3) is 1.00. The number of nitrogens with zero attached hydrogens (tertiary/aromatic N) is 1. The van der Waals surface area contributed by atoms with Crippen LogP contribution in [0.3, 0.4) is 0 Å². The lowest BCUT2D eigenvalue weighted by molar-refractivity contribution is 0.0812. The summed E-state index contributed by atoms with van der Waals surface area (Å²) in [5.41, 5.74) is 0.556. The molecule has 1 heterocycles. The molecule has 0 aromatic carbocycles. The van der Waals surface area contributed by atoms with Crippen molar-refractivity contribution in [3.8, 4) is 0 Å². The molecule has 0 radical (unpaired) electrons. The van der Waals surface area contributed by atoms with Crippen molar-refractivity contribution in [3.05, 3.63) is 0 Å². The van der Waals surface area contributed by atoms with Crippen LogP contribution >= 0.6 is 0 Å². The maximum absolute atomic E-state index is 3.75. The molecule has 2 fully saturated rings. The van der Waals surface area contributed by atoms with Crippen molar-refractivity contribution in [2.45, 2.75) is 72.1 Å². The van der Waals surface area contributed by atoms with E-state index in [1.54, 1.807) is 0 Å². The van der Waals surface area contributed by atoms with Crippen LogP contribution in [0.25, 0.3) is 0 Å². The summed E-state index contributed by atoms with van der Waals surface area (Å²) in [4.78, 5) is 2.80. The van der Waals surface area contributed by atoms with Crippen LogP contribution in [-0.2, 0) is 0 Å². The van der Waals surface area contributed by atoms with Crippen LogP contribution in [0.4, 0.5) is 0 Å². The third-order valence-corrected chi connectivity index (χ3v) is 5.78. The molecule has 0 bridgehead atoms. The second-order valence-corrected chi connectivity index (χ2v) is 8.19. The Kier molecular flexibility index (Phi) is 7.01. The molecule has 1 aliphatic carbocycles. The summed E-state index contributed by atoms with van der Waals surface area (Å²) in [6.45, 7) is 13.6. The minimum Gasteiger partial charge on any atom is -0.316 e. The van der Waals surface area contributed by atoms with Gasteiger partial charge in [0.1, 0.15) is 0 Å². The maximum Gasteiger partial charge on any atom is 0.00502 e. The largest absolute Gasteiger partial charge is 0.316 e. The van der Waals surface area contributed by atoms with Crippen LogP contribution in [0, 0.1) is 17.3 Å². The standard InChI is InChI=1S/C19H38N2/c1-4-11-20-15-19(10-5-7-18(3)14-19)16-21-12-6-8-17(2)9-13-21/h17-18,20H,4-16H2,1-3H3. The summed E-state index contributed by atoms with van der Waals surface area (Å²) in [7, 11) is 0. The smallest absolute Gasteiger partial charge is 0.00502 e. The first-order valence-electron chi connectivity index (χ1n) is 9.56. The van der Waals surface area contributed by atoms with Gasteiger partial charge in [-0.05, 0) is 75.4 Å². The zero-order valence-electron chi connectivity index (χ0n) is 14.8. The average molecular weight is 295 g/mol. The minimum absolute atomic E-state index is 0.556. The van der Waals surface area contributed by atoms with E-state index in [4.69, 9.17) is 0 Å². The third kappa shape index (κ3) is 5.56. The Morgan fingerprint density at radius 3 is 2.62 bits per heavy atom. The van der Waals surface area contributed by atoms with E-state index in [0.29, 0.717) is 5.41 Å². The predicted octanol–water partition coefficient (Wildman–Crippen LogP) is 4.30. The number of likely N-dealkylation sites (tertiary alicyclic amines) is 1. The highest BCUT2D eigenvalue weighted by molar-refractivity contribution is 4.90. The van der Waals surface area contributed by atoms with E-state index in [1.807, 2.05) is 0 Å². The monoisotopic (exact) mass is 294 g/mol. The van der Waals surface area contributed by atoms with Gasteiger partial charge in [0.15, 0.2) is 0 Å². The van der Waals surface area contributed by atoms with Gasteiger partial charge in [-0.1, -0.05) is 33.6 Å². The first kappa shape index (κ1) is 17.3. The van der Waals surface area contributed by atoms with Crippen molar-refractivity contribution in [2.75, 3.05) is 32.7 Å². The molecular formula is C19H38N2. The van der Waals surface area contributed by atoms with E-state index < -0.39 is 0 Å². The number of rotatable bonds is 6. The zero-order valence-corrected chi connectivity index (χ0v) is 14.8. The molecule has 2 aliphatic rings. The molecule has 1 N–H and O–H groups in total. The molecule has 0 aromatic rings. The van der Waals surface area contributed by atoms with Gasteiger partial charge in [0.2, 0.25) is 0 Å². The van der Waals surface area contributed by atoms with Crippen LogP contribution < -0.4 is 5.32 Å². The highest BCUT2D eigenvalue weighted by Gasteiger charge is 2.36. The Hall–Kier alpha value is -0.0800. The third-order valence-electron chi connectivity index (χ3n) is 5.78. The summed E-state index contributed by atoms with van der Waals surface area (Å²) in [6, 6.07) is 0. The number of nitrogens with one attached hydrogen (secondary N) is 1. The Morgan fingerprint density at radius 1 is 1.05 bits per heavy atom. The summed E-state index contributed by atoms with van der Waals surface area (Å²) < 4.78 is 0. The van der Waals surface area contributed by atoms with Crippen molar-refractivity contribution in [1.29, 1.82) is 0 Å². The number of hydrogen-bond acceptors (Lipinski definition) is 2. The molecule has 0 amide bonds. The second kappa shape index (κ2) is 8.53. The Balaban J connectivity index is 1.94. The summed E-state index contributed by atoms with van der Waals surface area (Å²) >= 11 is 0. The van der Waals surface area contributed by atoms with E-state index in [1.165, 1.54) is 84.1 Å². The van der Waals surface area contributed by atoms with Crippen molar-refractivity contribution in [1.82, 2.24) is 10.2 Å². The Labute approximate surface area is 133 Å². The molecule has 0 aromatic heterocycles. The molecule has 1 aliphatic heterocycles. The van der Waals surface area contributed by atoms with Gasteiger partial charge >= 0.3 is 0 Å². The van der Waals surface area contributed by atoms with E-state index >= 15 is 0 Å². The van der Waals surface area contributed by atoms with Gasteiger partial charge in [-0.2, -0.15) is 0 Å². The SMILES string of the molecule is CCCNCC1(CN2CCCC(C)CC2)CCCC(C)C1. The van der Waals surface area contributed by atoms with Crippen LogP contribution in [0.1, 0.15) is 72.1 Å². The summed E-state index contributed by atoms with van der Waals surface area (Å²) in [5.74, 6) is 1.86. The fourth-order valence-electron chi connectivity index (χ4n) is 4.61. The highest BCUT2D eigenvalue weighted by atomic mass is 15.1. The molecule has 3 atom stereocenters. The van der Waals surface area contributed by atoms with Gasteiger partial charge in [0.05, 0.1) is 0 Å². The lowest BCUT2D eigenvalue weighted by Crippen LogP contribution is -2.47. The van der Waals surface area contributed by atoms with Crippen molar-refractivity contribution < 1.29 is 0 Å². The molecule has 2 rings (SSSR count). The van der Waals surface area contributed by atoms with Gasteiger partial charge in [-0.15, -0.1) is 0 Å². The Morgan fingerprint density at radius 2 is 1.86 bits per heavy atom. The minimum atomic E-state index is 0.556. The van der Waals surface area contributed by atoms with Crippen molar-refractivity contribution in [2.24, 2.45) is 17.3 Å².